The molecule has 0 radical (unpaired) electrons. The first kappa shape index (κ1) is 13.9. The molecule has 21 heavy (non-hydrogen) atoms. The molecule has 1 atom stereocenters. The zero-order valence-electron chi connectivity index (χ0n) is 11.5. The van der Waals surface area contributed by atoms with Crippen molar-refractivity contribution >= 4 is 28.2 Å². The number of furan rings is 1. The highest BCUT2D eigenvalue weighted by atomic mass is 32.1. The maximum atomic E-state index is 12.1. The Morgan fingerprint density at radius 1 is 1.38 bits per heavy atom. The molecule has 1 unspecified atom stereocenters. The Hall–Kier alpha value is -2.11. The Morgan fingerprint density at radius 3 is 2.95 bits per heavy atom. The molecule has 1 amide bonds. The molecule has 5 heteroatoms. The normalized spacial score (nSPS) is 12.4. The Morgan fingerprint density at radius 2 is 2.24 bits per heavy atom. The van der Waals surface area contributed by atoms with Crippen LogP contribution in [0.3, 0.4) is 0 Å². The smallest absolute Gasteiger partial charge is 0.287 e. The molecule has 1 aromatic carbocycles. The zero-order valence-corrected chi connectivity index (χ0v) is 12.4. The number of benzene rings is 1. The number of rotatable bonds is 5. The average Bonchev–Trinajstić information content (AvgIpc) is 3.16. The van der Waals surface area contributed by atoms with Crippen molar-refractivity contribution in [3.63, 3.8) is 0 Å². The molecular formula is C16H15NO3S. The quantitative estimate of drug-likeness (QED) is 0.783. The highest BCUT2D eigenvalue weighted by Crippen LogP contribution is 2.20. The lowest BCUT2D eigenvalue weighted by Crippen LogP contribution is -2.28. The predicted octanol–water partition coefficient (Wildman–Crippen LogP) is 3.61. The van der Waals surface area contributed by atoms with Crippen LogP contribution in [0.1, 0.15) is 22.2 Å². The highest BCUT2D eigenvalue weighted by Gasteiger charge is 2.16. The lowest BCUT2D eigenvalue weighted by Gasteiger charge is -2.14. The van der Waals surface area contributed by atoms with Gasteiger partial charge in [-0.05, 0) is 34.5 Å². The SMILES string of the molecule is COC(CNC(=O)c1cc2ccccc2o1)c1ccsc1. The van der Waals surface area contributed by atoms with Crippen LogP contribution in [0.15, 0.2) is 51.6 Å². The number of hydrogen-bond donors (Lipinski definition) is 1. The molecule has 0 aliphatic heterocycles. The van der Waals surface area contributed by atoms with Crippen LogP contribution < -0.4 is 5.32 Å². The van der Waals surface area contributed by atoms with E-state index < -0.39 is 0 Å². The van der Waals surface area contributed by atoms with Crippen molar-refractivity contribution in [1.82, 2.24) is 5.32 Å². The summed E-state index contributed by atoms with van der Waals surface area (Å²) in [7, 11) is 1.63. The van der Waals surface area contributed by atoms with E-state index >= 15 is 0 Å². The number of amides is 1. The van der Waals surface area contributed by atoms with E-state index in [2.05, 4.69) is 5.32 Å². The molecular weight excluding hydrogens is 286 g/mol. The van der Waals surface area contributed by atoms with Crippen LogP contribution >= 0.6 is 11.3 Å². The number of ether oxygens (including phenoxy) is 1. The molecule has 0 bridgehead atoms. The van der Waals surface area contributed by atoms with Gasteiger partial charge in [-0.1, -0.05) is 18.2 Å². The summed E-state index contributed by atoms with van der Waals surface area (Å²) in [6.07, 6.45) is -0.149. The number of fused-ring (bicyclic) bond motifs is 1. The molecule has 0 aliphatic carbocycles. The largest absolute Gasteiger partial charge is 0.451 e. The Bertz CT molecular complexity index is 700. The average molecular weight is 301 g/mol. The van der Waals surface area contributed by atoms with Crippen molar-refractivity contribution in [2.45, 2.75) is 6.10 Å². The van der Waals surface area contributed by atoms with Crippen LogP contribution in [0.25, 0.3) is 11.0 Å². The molecule has 0 aliphatic rings. The van der Waals surface area contributed by atoms with Gasteiger partial charge in [0.1, 0.15) is 11.7 Å². The lowest BCUT2D eigenvalue weighted by atomic mass is 10.2. The van der Waals surface area contributed by atoms with Gasteiger partial charge in [0.05, 0.1) is 0 Å². The number of hydrogen-bond acceptors (Lipinski definition) is 4. The second-order valence-corrected chi connectivity index (χ2v) is 5.42. The van der Waals surface area contributed by atoms with E-state index in [-0.39, 0.29) is 12.0 Å². The maximum Gasteiger partial charge on any atom is 0.287 e. The fraction of sp³-hybridized carbons (Fsp3) is 0.188. The molecule has 108 valence electrons. The van der Waals surface area contributed by atoms with E-state index in [4.69, 9.17) is 9.15 Å². The van der Waals surface area contributed by atoms with E-state index in [0.717, 1.165) is 10.9 Å². The number of thiophene rings is 1. The van der Waals surface area contributed by atoms with Gasteiger partial charge in [-0.3, -0.25) is 4.79 Å². The minimum Gasteiger partial charge on any atom is -0.451 e. The molecule has 1 N–H and O–H groups in total. The minimum absolute atomic E-state index is 0.149. The zero-order chi connectivity index (χ0) is 14.7. The molecule has 0 saturated heterocycles. The first-order valence-corrected chi connectivity index (χ1v) is 7.54. The van der Waals surface area contributed by atoms with E-state index in [1.807, 2.05) is 41.1 Å². The minimum atomic E-state index is -0.233. The van der Waals surface area contributed by atoms with Crippen molar-refractivity contribution in [3.05, 3.63) is 58.5 Å². The predicted molar refractivity (Wildman–Crippen MR) is 82.6 cm³/mol. The van der Waals surface area contributed by atoms with Crippen LogP contribution in [0, 0.1) is 0 Å². The summed E-state index contributed by atoms with van der Waals surface area (Å²) >= 11 is 1.61. The van der Waals surface area contributed by atoms with Crippen molar-refractivity contribution in [2.24, 2.45) is 0 Å². The summed E-state index contributed by atoms with van der Waals surface area (Å²) in [4.78, 5) is 12.1. The fourth-order valence-electron chi connectivity index (χ4n) is 2.16. The third kappa shape index (κ3) is 2.99. The van der Waals surface area contributed by atoms with Gasteiger partial charge in [-0.15, -0.1) is 0 Å². The number of methoxy groups -OCH3 is 1. The summed E-state index contributed by atoms with van der Waals surface area (Å²) < 4.78 is 10.9. The Labute approximate surface area is 126 Å². The van der Waals surface area contributed by atoms with Gasteiger partial charge in [0.2, 0.25) is 0 Å². The molecule has 4 nitrogen and oxygen atoms in total. The van der Waals surface area contributed by atoms with Crippen LogP contribution in [-0.2, 0) is 4.74 Å². The number of carbonyl (C=O) groups is 1. The number of para-hydroxylation sites is 1. The van der Waals surface area contributed by atoms with Gasteiger partial charge >= 0.3 is 0 Å². The maximum absolute atomic E-state index is 12.1. The molecule has 3 aromatic rings. The third-order valence-electron chi connectivity index (χ3n) is 3.30. The lowest BCUT2D eigenvalue weighted by molar-refractivity contribution is 0.0810. The summed E-state index contributed by atoms with van der Waals surface area (Å²) in [5.41, 5.74) is 1.77. The molecule has 3 rings (SSSR count). The summed E-state index contributed by atoms with van der Waals surface area (Å²) in [5, 5.41) is 7.77. The van der Waals surface area contributed by atoms with Crippen LogP contribution in [0.4, 0.5) is 0 Å². The van der Waals surface area contributed by atoms with Gasteiger partial charge < -0.3 is 14.5 Å². The third-order valence-corrected chi connectivity index (χ3v) is 4.00. The molecule has 0 fully saturated rings. The van der Waals surface area contributed by atoms with Crippen molar-refractivity contribution < 1.29 is 13.9 Å². The second kappa shape index (κ2) is 6.11. The molecule has 0 saturated carbocycles. The molecule has 0 spiro atoms. The van der Waals surface area contributed by atoms with Gasteiger partial charge in [-0.25, -0.2) is 0 Å². The standard InChI is InChI=1S/C16H15NO3S/c1-19-15(12-6-7-21-10-12)9-17-16(18)14-8-11-4-2-3-5-13(11)20-14/h2-8,10,15H,9H2,1H3,(H,17,18). The van der Waals surface area contributed by atoms with Crippen molar-refractivity contribution in [1.29, 1.82) is 0 Å². The first-order valence-electron chi connectivity index (χ1n) is 6.59. The van der Waals surface area contributed by atoms with E-state index in [1.165, 1.54) is 0 Å². The van der Waals surface area contributed by atoms with E-state index in [9.17, 15) is 4.79 Å². The van der Waals surface area contributed by atoms with Gasteiger partial charge in [-0.2, -0.15) is 11.3 Å². The van der Waals surface area contributed by atoms with Crippen LogP contribution in [0.2, 0.25) is 0 Å². The molecule has 2 heterocycles. The summed E-state index contributed by atoms with van der Waals surface area (Å²) in [6, 6.07) is 11.3. The Kier molecular flexibility index (Phi) is 4.03. The van der Waals surface area contributed by atoms with Gasteiger partial charge in [0, 0.05) is 19.0 Å². The highest BCUT2D eigenvalue weighted by molar-refractivity contribution is 7.07. The van der Waals surface area contributed by atoms with E-state index in [1.54, 1.807) is 24.5 Å². The summed E-state index contributed by atoms with van der Waals surface area (Å²) in [6.45, 7) is 0.406. The van der Waals surface area contributed by atoms with Crippen molar-refractivity contribution in [2.75, 3.05) is 13.7 Å². The van der Waals surface area contributed by atoms with Crippen molar-refractivity contribution in [3.8, 4) is 0 Å². The first-order chi connectivity index (χ1) is 10.3. The Balaban J connectivity index is 1.68. The van der Waals surface area contributed by atoms with Gasteiger partial charge in [0.15, 0.2) is 5.76 Å². The van der Waals surface area contributed by atoms with E-state index in [0.29, 0.717) is 17.9 Å². The van der Waals surface area contributed by atoms with Gasteiger partial charge in [0.25, 0.3) is 5.91 Å². The fourth-order valence-corrected chi connectivity index (χ4v) is 2.86. The van der Waals surface area contributed by atoms with Crippen LogP contribution in [0.5, 0.6) is 0 Å². The topological polar surface area (TPSA) is 51.5 Å². The number of carbonyl (C=O) groups excluding carboxylic acids is 1. The second-order valence-electron chi connectivity index (χ2n) is 4.64. The monoisotopic (exact) mass is 301 g/mol. The molecule has 2 aromatic heterocycles. The van der Waals surface area contributed by atoms with Crippen LogP contribution in [-0.4, -0.2) is 19.6 Å². The number of nitrogens with one attached hydrogen (secondary N) is 1. The summed E-state index contributed by atoms with van der Waals surface area (Å²) in [5.74, 6) is 0.0832.